The fourth-order valence-corrected chi connectivity index (χ4v) is 3.28. The van der Waals surface area contributed by atoms with E-state index < -0.39 is 0 Å². The molecule has 0 N–H and O–H groups in total. The molecule has 1 aromatic carbocycles. The molecule has 0 aliphatic heterocycles. The van der Waals surface area contributed by atoms with Crippen molar-refractivity contribution in [2.24, 2.45) is 11.8 Å². The number of aromatic nitrogens is 1. The molecule has 0 spiro atoms. The quantitative estimate of drug-likeness (QED) is 0.723. The van der Waals surface area contributed by atoms with Gasteiger partial charge in [-0.3, -0.25) is 4.79 Å². The molecule has 1 atom stereocenters. The summed E-state index contributed by atoms with van der Waals surface area (Å²) in [7, 11) is 0. The van der Waals surface area contributed by atoms with E-state index in [1.165, 1.54) is 16.8 Å². The average molecular weight is 338 g/mol. The summed E-state index contributed by atoms with van der Waals surface area (Å²) in [4.78, 5) is 14.9. The smallest absolute Gasteiger partial charge is 0.226 e. The van der Waals surface area contributed by atoms with Gasteiger partial charge >= 0.3 is 0 Å². The van der Waals surface area contributed by atoms with Crippen LogP contribution in [0.5, 0.6) is 0 Å². The molecule has 3 heteroatoms. The van der Waals surface area contributed by atoms with Gasteiger partial charge in [-0.25, -0.2) is 0 Å². The van der Waals surface area contributed by atoms with Crippen LogP contribution >= 0.6 is 0 Å². The molecule has 0 radical (unpaired) electrons. The summed E-state index contributed by atoms with van der Waals surface area (Å²) in [5, 5.41) is 0. The molecule has 1 aliphatic carbocycles. The Labute approximate surface area is 151 Å². The molecular weight excluding hydrogens is 308 g/mol. The van der Waals surface area contributed by atoms with Crippen LogP contribution in [0.15, 0.2) is 42.6 Å². The number of benzene rings is 1. The summed E-state index contributed by atoms with van der Waals surface area (Å²) in [6, 6.07) is 13.1. The standard InChI is InChI=1S/C22H30N2O/c1-16(2)18(4)24(22(25)20-10-11-20)15-21-9-6-12-23(21)14-19-8-5-7-17(3)13-19/h5-9,12-13,16,18,20H,10-11,14-15H2,1-4H3/t18-/m0/s1. The van der Waals surface area contributed by atoms with Gasteiger partial charge in [-0.2, -0.15) is 0 Å². The van der Waals surface area contributed by atoms with Crippen LogP contribution in [-0.2, 0) is 17.9 Å². The van der Waals surface area contributed by atoms with E-state index in [1.54, 1.807) is 0 Å². The first-order valence-electron chi connectivity index (χ1n) is 9.45. The van der Waals surface area contributed by atoms with E-state index in [9.17, 15) is 4.79 Å². The largest absolute Gasteiger partial charge is 0.345 e. The van der Waals surface area contributed by atoms with Crippen molar-refractivity contribution in [1.29, 1.82) is 0 Å². The number of hydrogen-bond donors (Lipinski definition) is 0. The van der Waals surface area contributed by atoms with Gasteiger partial charge in [-0.1, -0.05) is 43.7 Å². The fraction of sp³-hybridized carbons (Fsp3) is 0.500. The molecule has 1 aliphatic rings. The summed E-state index contributed by atoms with van der Waals surface area (Å²) < 4.78 is 2.27. The maximum atomic E-state index is 12.8. The minimum Gasteiger partial charge on any atom is -0.345 e. The van der Waals surface area contributed by atoms with E-state index in [0.29, 0.717) is 18.4 Å². The highest BCUT2D eigenvalue weighted by Gasteiger charge is 2.36. The molecule has 134 valence electrons. The lowest BCUT2D eigenvalue weighted by Crippen LogP contribution is -2.42. The van der Waals surface area contributed by atoms with Crippen molar-refractivity contribution in [1.82, 2.24) is 9.47 Å². The highest BCUT2D eigenvalue weighted by Crippen LogP contribution is 2.33. The zero-order valence-corrected chi connectivity index (χ0v) is 15.9. The van der Waals surface area contributed by atoms with Gasteiger partial charge in [0.2, 0.25) is 5.91 Å². The SMILES string of the molecule is Cc1cccc(Cn2cccc2CN(C(=O)C2CC2)[C@@H](C)C(C)C)c1. The number of carbonyl (C=O) groups is 1. The van der Waals surface area contributed by atoms with Gasteiger partial charge in [0.05, 0.1) is 6.54 Å². The minimum atomic E-state index is 0.260. The van der Waals surface area contributed by atoms with Crippen LogP contribution in [0.25, 0.3) is 0 Å². The van der Waals surface area contributed by atoms with Crippen LogP contribution in [0.2, 0.25) is 0 Å². The predicted molar refractivity (Wildman–Crippen MR) is 102 cm³/mol. The lowest BCUT2D eigenvalue weighted by molar-refractivity contribution is -0.136. The summed E-state index contributed by atoms with van der Waals surface area (Å²) >= 11 is 0. The van der Waals surface area contributed by atoms with Crippen LogP contribution in [-0.4, -0.2) is 21.4 Å². The van der Waals surface area contributed by atoms with Crippen molar-refractivity contribution in [3.8, 4) is 0 Å². The first kappa shape index (κ1) is 17.8. The van der Waals surface area contributed by atoms with Gasteiger partial charge in [-0.15, -0.1) is 0 Å². The van der Waals surface area contributed by atoms with E-state index in [4.69, 9.17) is 0 Å². The maximum Gasteiger partial charge on any atom is 0.226 e. The number of carbonyl (C=O) groups excluding carboxylic acids is 1. The Morgan fingerprint density at radius 2 is 1.96 bits per heavy atom. The number of hydrogen-bond acceptors (Lipinski definition) is 1. The van der Waals surface area contributed by atoms with Crippen molar-refractivity contribution in [2.75, 3.05) is 0 Å². The lowest BCUT2D eigenvalue weighted by Gasteiger charge is -2.32. The van der Waals surface area contributed by atoms with E-state index in [1.807, 2.05) is 0 Å². The molecule has 1 aromatic heterocycles. The van der Waals surface area contributed by atoms with Crippen LogP contribution in [0.3, 0.4) is 0 Å². The fourth-order valence-electron chi connectivity index (χ4n) is 3.28. The molecule has 2 aromatic rings. The van der Waals surface area contributed by atoms with Gasteiger partial charge in [0.1, 0.15) is 0 Å². The first-order valence-corrected chi connectivity index (χ1v) is 9.45. The molecule has 0 saturated heterocycles. The third kappa shape index (κ3) is 4.33. The van der Waals surface area contributed by atoms with E-state index >= 15 is 0 Å². The second-order valence-corrected chi connectivity index (χ2v) is 7.84. The molecule has 25 heavy (non-hydrogen) atoms. The second-order valence-electron chi connectivity index (χ2n) is 7.84. The predicted octanol–water partition coefficient (Wildman–Crippen LogP) is 4.63. The van der Waals surface area contributed by atoms with Crippen molar-refractivity contribution in [2.45, 2.75) is 59.7 Å². The Kier molecular flexibility index (Phi) is 5.31. The number of amides is 1. The van der Waals surface area contributed by atoms with Crippen molar-refractivity contribution in [3.05, 3.63) is 59.4 Å². The monoisotopic (exact) mass is 338 g/mol. The van der Waals surface area contributed by atoms with Gasteiger partial charge in [0.25, 0.3) is 0 Å². The summed E-state index contributed by atoms with van der Waals surface area (Å²) in [6.45, 7) is 10.3. The third-order valence-corrected chi connectivity index (χ3v) is 5.36. The molecule has 1 fully saturated rings. The van der Waals surface area contributed by atoms with Gasteiger partial charge in [0.15, 0.2) is 0 Å². The molecule has 1 amide bonds. The Bertz CT molecular complexity index is 727. The first-order chi connectivity index (χ1) is 12.0. The van der Waals surface area contributed by atoms with Gasteiger partial charge < -0.3 is 9.47 Å². The Morgan fingerprint density at radius 1 is 1.20 bits per heavy atom. The van der Waals surface area contributed by atoms with Gasteiger partial charge in [0, 0.05) is 30.4 Å². The van der Waals surface area contributed by atoms with Crippen molar-refractivity contribution in [3.63, 3.8) is 0 Å². The zero-order valence-electron chi connectivity index (χ0n) is 15.9. The normalized spacial score (nSPS) is 15.4. The number of nitrogens with zero attached hydrogens (tertiary/aromatic N) is 2. The number of aryl methyl sites for hydroxylation is 1. The minimum absolute atomic E-state index is 0.260. The number of rotatable bonds is 7. The van der Waals surface area contributed by atoms with Crippen LogP contribution in [0, 0.1) is 18.8 Å². The van der Waals surface area contributed by atoms with E-state index in [0.717, 1.165) is 19.4 Å². The summed E-state index contributed by atoms with van der Waals surface area (Å²) in [6.07, 6.45) is 4.24. The molecular formula is C22H30N2O. The maximum absolute atomic E-state index is 12.8. The average Bonchev–Trinajstić information content (AvgIpc) is 3.33. The molecule has 3 nitrogen and oxygen atoms in total. The van der Waals surface area contributed by atoms with Crippen molar-refractivity contribution < 1.29 is 4.79 Å². The topological polar surface area (TPSA) is 25.2 Å². The van der Waals surface area contributed by atoms with E-state index in [-0.39, 0.29) is 12.0 Å². The third-order valence-electron chi connectivity index (χ3n) is 5.36. The molecule has 0 unspecified atom stereocenters. The lowest BCUT2D eigenvalue weighted by atomic mass is 10.0. The highest BCUT2D eigenvalue weighted by molar-refractivity contribution is 5.81. The molecule has 3 rings (SSSR count). The highest BCUT2D eigenvalue weighted by atomic mass is 16.2. The van der Waals surface area contributed by atoms with Gasteiger partial charge in [-0.05, 0) is 50.3 Å². The Balaban J connectivity index is 1.78. The van der Waals surface area contributed by atoms with Crippen molar-refractivity contribution >= 4 is 5.91 Å². The zero-order chi connectivity index (χ0) is 18.0. The van der Waals surface area contributed by atoms with Crippen LogP contribution in [0.1, 0.15) is 50.4 Å². The summed E-state index contributed by atoms with van der Waals surface area (Å²) in [5.74, 6) is 1.06. The molecule has 1 heterocycles. The molecule has 1 saturated carbocycles. The second kappa shape index (κ2) is 7.47. The Morgan fingerprint density at radius 3 is 2.60 bits per heavy atom. The van der Waals surface area contributed by atoms with Crippen LogP contribution < -0.4 is 0 Å². The Hall–Kier alpha value is -2.03. The summed E-state index contributed by atoms with van der Waals surface area (Å²) in [5.41, 5.74) is 3.79. The van der Waals surface area contributed by atoms with Crippen LogP contribution in [0.4, 0.5) is 0 Å². The molecule has 0 bridgehead atoms. The van der Waals surface area contributed by atoms with E-state index in [2.05, 4.69) is 79.8 Å².